The quantitative estimate of drug-likeness (QED) is 0.717. The van der Waals surface area contributed by atoms with Crippen LogP contribution >= 0.6 is 0 Å². The molecule has 1 N–H and O–H groups in total. The number of hydrogen-bond donors (Lipinski definition) is 1. The van der Waals surface area contributed by atoms with Gasteiger partial charge < -0.3 is 10.2 Å². The molecule has 2 aromatic carbocycles. The summed E-state index contributed by atoms with van der Waals surface area (Å²) in [6.45, 7) is 12.3. The molecule has 0 aliphatic rings. The van der Waals surface area contributed by atoms with Gasteiger partial charge in [-0.25, -0.2) is 0 Å². The van der Waals surface area contributed by atoms with Crippen LogP contribution in [0.3, 0.4) is 0 Å². The second-order valence-electron chi connectivity index (χ2n) is 8.05. The van der Waals surface area contributed by atoms with Gasteiger partial charge in [0.2, 0.25) is 11.8 Å². The minimum absolute atomic E-state index is 0.0336. The first-order chi connectivity index (χ1) is 13.7. The third kappa shape index (κ3) is 6.18. The number of nitrogens with one attached hydrogen (secondary N) is 1. The van der Waals surface area contributed by atoms with E-state index in [0.29, 0.717) is 13.0 Å². The Kier molecular flexibility index (Phi) is 8.00. The lowest BCUT2D eigenvalue weighted by atomic mass is 10.0. The van der Waals surface area contributed by atoms with Crippen molar-refractivity contribution in [2.75, 3.05) is 0 Å². The molecule has 0 bridgehead atoms. The largest absolute Gasteiger partial charge is 0.352 e. The van der Waals surface area contributed by atoms with Crippen LogP contribution in [0.5, 0.6) is 0 Å². The summed E-state index contributed by atoms with van der Waals surface area (Å²) in [5, 5.41) is 3.02. The van der Waals surface area contributed by atoms with Gasteiger partial charge in [0, 0.05) is 12.6 Å². The van der Waals surface area contributed by atoms with Crippen molar-refractivity contribution < 1.29 is 9.59 Å². The standard InChI is InChI=1S/C25H34N2O2/c1-7-20(5)26-25(29)21(6)27(16-22-11-9-8-10-18(22)3)24(28)15-23-14-17(2)12-13-19(23)4/h8-14,20-21H,7,15-16H2,1-6H3,(H,26,29)/t20-,21-/m0/s1. The fourth-order valence-electron chi connectivity index (χ4n) is 3.27. The van der Waals surface area contributed by atoms with E-state index in [2.05, 4.69) is 17.4 Å². The number of benzene rings is 2. The van der Waals surface area contributed by atoms with Crippen molar-refractivity contribution in [3.05, 3.63) is 70.3 Å². The highest BCUT2D eigenvalue weighted by Gasteiger charge is 2.27. The van der Waals surface area contributed by atoms with E-state index in [1.807, 2.05) is 71.9 Å². The smallest absolute Gasteiger partial charge is 0.242 e. The van der Waals surface area contributed by atoms with Gasteiger partial charge in [0.15, 0.2) is 0 Å². The van der Waals surface area contributed by atoms with Crippen LogP contribution in [0.4, 0.5) is 0 Å². The van der Waals surface area contributed by atoms with E-state index in [1.54, 1.807) is 4.90 Å². The molecule has 0 saturated carbocycles. The average Bonchev–Trinajstić information content (AvgIpc) is 2.69. The number of carbonyl (C=O) groups excluding carboxylic acids is 2. The Morgan fingerprint density at radius 2 is 1.62 bits per heavy atom. The Hall–Kier alpha value is -2.62. The molecule has 0 aliphatic carbocycles. The van der Waals surface area contributed by atoms with E-state index in [4.69, 9.17) is 0 Å². The molecule has 4 nitrogen and oxygen atoms in total. The molecular formula is C25H34N2O2. The van der Waals surface area contributed by atoms with Gasteiger partial charge >= 0.3 is 0 Å². The fourth-order valence-corrected chi connectivity index (χ4v) is 3.27. The molecule has 29 heavy (non-hydrogen) atoms. The molecule has 0 aromatic heterocycles. The van der Waals surface area contributed by atoms with Crippen molar-refractivity contribution in [2.24, 2.45) is 0 Å². The molecule has 0 unspecified atom stereocenters. The van der Waals surface area contributed by atoms with Crippen LogP contribution in [-0.4, -0.2) is 28.8 Å². The molecule has 2 amide bonds. The van der Waals surface area contributed by atoms with Gasteiger partial charge in [-0.1, -0.05) is 55.0 Å². The number of carbonyl (C=O) groups is 2. The molecule has 4 heteroatoms. The molecule has 0 fully saturated rings. The van der Waals surface area contributed by atoms with Gasteiger partial charge in [0.1, 0.15) is 6.04 Å². The van der Waals surface area contributed by atoms with Crippen molar-refractivity contribution in [3.8, 4) is 0 Å². The van der Waals surface area contributed by atoms with Gasteiger partial charge in [-0.15, -0.1) is 0 Å². The van der Waals surface area contributed by atoms with Crippen molar-refractivity contribution in [1.29, 1.82) is 0 Å². The van der Waals surface area contributed by atoms with E-state index in [9.17, 15) is 9.59 Å². The van der Waals surface area contributed by atoms with Crippen LogP contribution in [0.15, 0.2) is 42.5 Å². The zero-order chi connectivity index (χ0) is 21.6. The Balaban J connectivity index is 2.29. The lowest BCUT2D eigenvalue weighted by Crippen LogP contribution is -2.50. The predicted molar refractivity (Wildman–Crippen MR) is 119 cm³/mol. The van der Waals surface area contributed by atoms with Crippen LogP contribution in [-0.2, 0) is 22.6 Å². The Labute approximate surface area is 175 Å². The van der Waals surface area contributed by atoms with Crippen molar-refractivity contribution in [3.63, 3.8) is 0 Å². The highest BCUT2D eigenvalue weighted by atomic mass is 16.2. The molecule has 2 rings (SSSR count). The van der Waals surface area contributed by atoms with Crippen molar-refractivity contribution >= 4 is 11.8 Å². The van der Waals surface area contributed by atoms with E-state index in [0.717, 1.165) is 34.2 Å². The number of amides is 2. The molecular weight excluding hydrogens is 360 g/mol. The van der Waals surface area contributed by atoms with E-state index < -0.39 is 6.04 Å². The number of nitrogens with zero attached hydrogens (tertiary/aromatic N) is 1. The van der Waals surface area contributed by atoms with Gasteiger partial charge in [0.05, 0.1) is 6.42 Å². The predicted octanol–water partition coefficient (Wildman–Crippen LogP) is 4.49. The molecule has 0 heterocycles. The topological polar surface area (TPSA) is 49.4 Å². The summed E-state index contributed by atoms with van der Waals surface area (Å²) in [5.74, 6) is -0.143. The Bertz CT molecular complexity index is 860. The van der Waals surface area contributed by atoms with Crippen LogP contribution in [0, 0.1) is 20.8 Å². The Morgan fingerprint density at radius 3 is 2.28 bits per heavy atom. The second kappa shape index (κ2) is 10.2. The maximum Gasteiger partial charge on any atom is 0.242 e. The van der Waals surface area contributed by atoms with Crippen molar-refractivity contribution in [1.82, 2.24) is 10.2 Å². The zero-order valence-corrected chi connectivity index (χ0v) is 18.6. The highest BCUT2D eigenvalue weighted by Crippen LogP contribution is 2.17. The fraction of sp³-hybridized carbons (Fsp3) is 0.440. The first kappa shape index (κ1) is 22.7. The number of hydrogen-bond acceptors (Lipinski definition) is 2. The lowest BCUT2D eigenvalue weighted by molar-refractivity contribution is -0.140. The summed E-state index contributed by atoms with van der Waals surface area (Å²) in [4.78, 5) is 27.9. The molecule has 0 spiro atoms. The van der Waals surface area contributed by atoms with E-state index in [-0.39, 0.29) is 17.9 Å². The SMILES string of the molecule is CC[C@H](C)NC(=O)[C@H](C)N(Cc1ccccc1C)C(=O)Cc1cc(C)ccc1C. The molecule has 0 aliphatic heterocycles. The summed E-state index contributed by atoms with van der Waals surface area (Å²) < 4.78 is 0. The lowest BCUT2D eigenvalue weighted by Gasteiger charge is -2.30. The monoisotopic (exact) mass is 394 g/mol. The third-order valence-electron chi connectivity index (χ3n) is 5.62. The summed E-state index contributed by atoms with van der Waals surface area (Å²) in [7, 11) is 0. The molecule has 156 valence electrons. The maximum absolute atomic E-state index is 13.3. The summed E-state index contributed by atoms with van der Waals surface area (Å²) >= 11 is 0. The second-order valence-corrected chi connectivity index (χ2v) is 8.05. The molecule has 0 radical (unpaired) electrons. The van der Waals surface area contributed by atoms with Crippen LogP contribution < -0.4 is 5.32 Å². The van der Waals surface area contributed by atoms with Crippen LogP contribution in [0.2, 0.25) is 0 Å². The summed E-state index contributed by atoms with van der Waals surface area (Å²) in [6.07, 6.45) is 1.15. The van der Waals surface area contributed by atoms with Crippen molar-refractivity contribution in [2.45, 2.75) is 73.0 Å². The van der Waals surface area contributed by atoms with Crippen LogP contribution in [0.1, 0.15) is 55.0 Å². The average molecular weight is 395 g/mol. The first-order valence-corrected chi connectivity index (χ1v) is 10.4. The van der Waals surface area contributed by atoms with Gasteiger partial charge in [0.25, 0.3) is 0 Å². The zero-order valence-electron chi connectivity index (χ0n) is 18.6. The maximum atomic E-state index is 13.3. The van der Waals surface area contributed by atoms with Crippen LogP contribution in [0.25, 0.3) is 0 Å². The van der Waals surface area contributed by atoms with Gasteiger partial charge in [-0.05, 0) is 63.3 Å². The minimum atomic E-state index is -0.541. The first-order valence-electron chi connectivity index (χ1n) is 10.4. The van der Waals surface area contributed by atoms with E-state index >= 15 is 0 Å². The van der Waals surface area contributed by atoms with Gasteiger partial charge in [-0.3, -0.25) is 9.59 Å². The van der Waals surface area contributed by atoms with Gasteiger partial charge in [-0.2, -0.15) is 0 Å². The van der Waals surface area contributed by atoms with E-state index in [1.165, 1.54) is 0 Å². The Morgan fingerprint density at radius 1 is 0.966 bits per heavy atom. The minimum Gasteiger partial charge on any atom is -0.352 e. The molecule has 2 aromatic rings. The summed E-state index contributed by atoms with van der Waals surface area (Å²) in [5.41, 5.74) is 5.42. The number of aryl methyl sites for hydroxylation is 3. The third-order valence-corrected chi connectivity index (χ3v) is 5.62. The normalized spacial score (nSPS) is 12.9. The molecule has 2 atom stereocenters. The molecule has 0 saturated heterocycles. The highest BCUT2D eigenvalue weighted by molar-refractivity contribution is 5.88. The summed E-state index contributed by atoms with van der Waals surface area (Å²) in [6, 6.07) is 13.7. The number of rotatable bonds is 8.